The standard InChI is InChI=1S/C20H22N4O6S/c1-14-11-15(8-9-18(14)22-10-4-7-20(22)26)21-19(25)13-23(31(2,29)30)16-5-3-6-17(12-16)24(27)28/h3,5-6,8-9,11-12H,4,7,10,13H2,1-2H3,(H,21,25). The Morgan fingerprint density at radius 1 is 1.26 bits per heavy atom. The third-order valence-corrected chi connectivity index (χ3v) is 6.00. The highest BCUT2D eigenvalue weighted by molar-refractivity contribution is 7.92. The molecule has 0 aliphatic carbocycles. The van der Waals surface area contributed by atoms with E-state index in [-0.39, 0.29) is 17.3 Å². The second-order valence-corrected chi connectivity index (χ2v) is 9.15. The Morgan fingerprint density at radius 2 is 2.00 bits per heavy atom. The van der Waals surface area contributed by atoms with E-state index in [4.69, 9.17) is 0 Å². The number of nitro benzene ring substituents is 1. The molecule has 1 heterocycles. The summed E-state index contributed by atoms with van der Waals surface area (Å²) < 4.78 is 25.2. The highest BCUT2D eigenvalue weighted by Crippen LogP contribution is 2.28. The minimum absolute atomic E-state index is 0.0194. The molecule has 11 heteroatoms. The molecule has 2 amide bonds. The minimum Gasteiger partial charge on any atom is -0.325 e. The smallest absolute Gasteiger partial charge is 0.271 e. The first kappa shape index (κ1) is 22.2. The van der Waals surface area contributed by atoms with E-state index in [1.54, 1.807) is 23.1 Å². The fraction of sp³-hybridized carbons (Fsp3) is 0.300. The Morgan fingerprint density at radius 3 is 2.58 bits per heavy atom. The first-order valence-electron chi connectivity index (χ1n) is 9.49. The van der Waals surface area contributed by atoms with Crippen LogP contribution in [-0.4, -0.2) is 44.5 Å². The van der Waals surface area contributed by atoms with E-state index in [0.29, 0.717) is 18.7 Å². The minimum atomic E-state index is -3.87. The molecule has 10 nitrogen and oxygen atoms in total. The molecule has 1 fully saturated rings. The van der Waals surface area contributed by atoms with Crippen molar-refractivity contribution < 1.29 is 22.9 Å². The average molecular weight is 446 g/mol. The quantitative estimate of drug-likeness (QED) is 0.514. The molecule has 2 aromatic carbocycles. The zero-order valence-corrected chi connectivity index (χ0v) is 17.9. The third kappa shape index (κ3) is 5.18. The van der Waals surface area contributed by atoms with Gasteiger partial charge < -0.3 is 10.2 Å². The maximum Gasteiger partial charge on any atom is 0.271 e. The number of hydrogen-bond acceptors (Lipinski definition) is 6. The summed E-state index contributed by atoms with van der Waals surface area (Å²) >= 11 is 0. The van der Waals surface area contributed by atoms with Gasteiger partial charge in [-0.15, -0.1) is 0 Å². The van der Waals surface area contributed by atoms with Crippen molar-refractivity contribution in [2.24, 2.45) is 0 Å². The Hall–Kier alpha value is -3.47. The van der Waals surface area contributed by atoms with Crippen molar-refractivity contribution in [1.29, 1.82) is 0 Å². The van der Waals surface area contributed by atoms with Crippen LogP contribution in [-0.2, 0) is 19.6 Å². The first-order valence-corrected chi connectivity index (χ1v) is 11.3. The summed E-state index contributed by atoms with van der Waals surface area (Å²) in [5.41, 5.74) is 1.76. The molecular formula is C20H22N4O6S. The second kappa shape index (κ2) is 8.72. The molecule has 0 spiro atoms. The van der Waals surface area contributed by atoms with E-state index in [9.17, 15) is 28.1 Å². The fourth-order valence-corrected chi connectivity index (χ4v) is 4.28. The van der Waals surface area contributed by atoms with Gasteiger partial charge in [0.15, 0.2) is 0 Å². The van der Waals surface area contributed by atoms with Crippen molar-refractivity contribution in [3.63, 3.8) is 0 Å². The van der Waals surface area contributed by atoms with Crippen LogP contribution in [0.1, 0.15) is 18.4 Å². The van der Waals surface area contributed by atoms with Gasteiger partial charge in [0.25, 0.3) is 5.69 Å². The number of nitro groups is 1. The number of nitrogens with one attached hydrogen (secondary N) is 1. The molecule has 1 N–H and O–H groups in total. The number of anilines is 3. The van der Waals surface area contributed by atoms with Crippen LogP contribution >= 0.6 is 0 Å². The highest BCUT2D eigenvalue weighted by atomic mass is 32.2. The Balaban J connectivity index is 1.77. The van der Waals surface area contributed by atoms with Crippen molar-refractivity contribution in [2.45, 2.75) is 19.8 Å². The van der Waals surface area contributed by atoms with Crippen LogP contribution in [0.5, 0.6) is 0 Å². The van der Waals surface area contributed by atoms with Gasteiger partial charge in [-0.1, -0.05) is 6.07 Å². The lowest BCUT2D eigenvalue weighted by molar-refractivity contribution is -0.384. The van der Waals surface area contributed by atoms with Crippen LogP contribution in [0.15, 0.2) is 42.5 Å². The van der Waals surface area contributed by atoms with E-state index in [1.165, 1.54) is 18.2 Å². The second-order valence-electron chi connectivity index (χ2n) is 7.24. The van der Waals surface area contributed by atoms with Gasteiger partial charge in [0, 0.05) is 36.5 Å². The molecular weight excluding hydrogens is 424 g/mol. The van der Waals surface area contributed by atoms with Gasteiger partial charge in [-0.05, 0) is 43.2 Å². The van der Waals surface area contributed by atoms with Gasteiger partial charge in [0.05, 0.1) is 16.9 Å². The summed E-state index contributed by atoms with van der Waals surface area (Å²) in [6.45, 7) is 1.92. The monoisotopic (exact) mass is 446 g/mol. The Labute approximate surface area is 179 Å². The maximum atomic E-state index is 12.6. The first-order chi connectivity index (χ1) is 14.6. The molecule has 164 valence electrons. The average Bonchev–Trinajstić information content (AvgIpc) is 3.11. The highest BCUT2D eigenvalue weighted by Gasteiger charge is 2.24. The summed E-state index contributed by atoms with van der Waals surface area (Å²) in [6.07, 6.45) is 2.23. The number of hydrogen-bond donors (Lipinski definition) is 1. The molecule has 2 aromatic rings. The van der Waals surface area contributed by atoms with Gasteiger partial charge in [-0.2, -0.15) is 0 Å². The van der Waals surface area contributed by atoms with E-state index in [1.807, 2.05) is 6.92 Å². The number of rotatable bonds is 7. The van der Waals surface area contributed by atoms with E-state index >= 15 is 0 Å². The van der Waals surface area contributed by atoms with E-state index < -0.39 is 27.4 Å². The van der Waals surface area contributed by atoms with Crippen molar-refractivity contribution in [2.75, 3.05) is 33.9 Å². The number of sulfonamides is 1. The summed E-state index contributed by atoms with van der Waals surface area (Å²) in [6, 6.07) is 10.2. The SMILES string of the molecule is Cc1cc(NC(=O)CN(c2cccc([N+](=O)[O-])c2)S(C)(=O)=O)ccc1N1CCCC1=O. The van der Waals surface area contributed by atoms with Crippen LogP contribution in [0.2, 0.25) is 0 Å². The molecule has 1 aliphatic rings. The molecule has 0 bridgehead atoms. The Bertz CT molecular complexity index is 1150. The molecule has 1 saturated heterocycles. The van der Waals surface area contributed by atoms with Gasteiger partial charge in [-0.3, -0.25) is 24.0 Å². The predicted molar refractivity (Wildman–Crippen MR) is 117 cm³/mol. The zero-order valence-electron chi connectivity index (χ0n) is 17.1. The van der Waals surface area contributed by atoms with Crippen LogP contribution < -0.4 is 14.5 Å². The van der Waals surface area contributed by atoms with Crippen LogP contribution in [0.4, 0.5) is 22.7 Å². The number of non-ortho nitro benzene ring substituents is 1. The molecule has 0 atom stereocenters. The van der Waals surface area contributed by atoms with Crippen LogP contribution in [0.3, 0.4) is 0 Å². The number of benzene rings is 2. The number of aryl methyl sites for hydroxylation is 1. The largest absolute Gasteiger partial charge is 0.325 e. The van der Waals surface area contributed by atoms with Gasteiger partial charge in [0.2, 0.25) is 21.8 Å². The van der Waals surface area contributed by atoms with Crippen LogP contribution in [0.25, 0.3) is 0 Å². The normalized spacial score (nSPS) is 13.9. The lowest BCUT2D eigenvalue weighted by Crippen LogP contribution is -2.37. The van der Waals surface area contributed by atoms with Crippen molar-refractivity contribution in [3.8, 4) is 0 Å². The maximum absolute atomic E-state index is 12.6. The third-order valence-electron chi connectivity index (χ3n) is 4.86. The molecule has 0 radical (unpaired) electrons. The fourth-order valence-electron chi connectivity index (χ4n) is 3.43. The van der Waals surface area contributed by atoms with E-state index in [2.05, 4.69) is 5.32 Å². The van der Waals surface area contributed by atoms with Gasteiger partial charge in [-0.25, -0.2) is 8.42 Å². The Kier molecular flexibility index (Phi) is 6.25. The topological polar surface area (TPSA) is 130 Å². The number of carbonyl (C=O) groups excluding carboxylic acids is 2. The zero-order chi connectivity index (χ0) is 22.8. The summed E-state index contributed by atoms with van der Waals surface area (Å²) in [7, 11) is -3.87. The number of amides is 2. The predicted octanol–water partition coefficient (Wildman–Crippen LogP) is 2.43. The van der Waals surface area contributed by atoms with Crippen molar-refractivity contribution in [3.05, 3.63) is 58.1 Å². The van der Waals surface area contributed by atoms with Crippen molar-refractivity contribution in [1.82, 2.24) is 0 Å². The molecule has 0 saturated carbocycles. The molecule has 1 aliphatic heterocycles. The van der Waals surface area contributed by atoms with E-state index in [0.717, 1.165) is 34.3 Å². The summed E-state index contributed by atoms with van der Waals surface area (Å²) in [5.74, 6) is -0.554. The summed E-state index contributed by atoms with van der Waals surface area (Å²) in [5, 5.41) is 13.6. The molecule has 0 unspecified atom stereocenters. The van der Waals surface area contributed by atoms with Gasteiger partial charge >= 0.3 is 0 Å². The lowest BCUT2D eigenvalue weighted by Gasteiger charge is -2.22. The number of nitrogens with zero attached hydrogens (tertiary/aromatic N) is 3. The summed E-state index contributed by atoms with van der Waals surface area (Å²) in [4.78, 5) is 36.6. The van der Waals surface area contributed by atoms with Crippen molar-refractivity contribution >= 4 is 44.6 Å². The van der Waals surface area contributed by atoms with Crippen LogP contribution in [0, 0.1) is 17.0 Å². The molecule has 31 heavy (non-hydrogen) atoms. The lowest BCUT2D eigenvalue weighted by atomic mass is 10.1. The molecule has 0 aromatic heterocycles. The number of carbonyl (C=O) groups is 2. The molecule has 3 rings (SSSR count). The van der Waals surface area contributed by atoms with Gasteiger partial charge in [0.1, 0.15) is 6.54 Å².